The molecule has 3 rings (SSSR count). The molecule has 0 N–H and O–H groups in total. The molecule has 1 aliphatic heterocycles. The minimum atomic E-state index is -0.0675. The Morgan fingerprint density at radius 1 is 1.30 bits per heavy atom. The molecule has 2 aromatic rings. The Bertz CT molecular complexity index is 664. The van der Waals surface area contributed by atoms with Crippen LogP contribution < -0.4 is 4.90 Å². The van der Waals surface area contributed by atoms with E-state index in [9.17, 15) is 4.79 Å². The predicted octanol–water partition coefficient (Wildman–Crippen LogP) is 2.31. The maximum Gasteiger partial charge on any atom is 0.258 e. The number of carbonyl (C=O) groups is 1. The fourth-order valence-electron chi connectivity index (χ4n) is 2.85. The number of amides is 1. The number of hydrogen-bond acceptors (Lipinski definition) is 5. The van der Waals surface area contributed by atoms with E-state index in [2.05, 4.69) is 15.2 Å². The van der Waals surface area contributed by atoms with Gasteiger partial charge in [-0.05, 0) is 44.9 Å². The van der Waals surface area contributed by atoms with Crippen LogP contribution in [0.1, 0.15) is 34.6 Å². The van der Waals surface area contributed by atoms with E-state index >= 15 is 0 Å². The highest BCUT2D eigenvalue weighted by Crippen LogP contribution is 2.21. The normalized spacial score (nSPS) is 17.2. The van der Waals surface area contributed by atoms with E-state index in [1.165, 1.54) is 0 Å². The van der Waals surface area contributed by atoms with Crippen molar-refractivity contribution >= 4 is 11.6 Å². The molecule has 0 radical (unpaired) electrons. The molecule has 2 aromatic heterocycles. The maximum atomic E-state index is 13.0. The zero-order valence-electron chi connectivity index (χ0n) is 13.4. The highest BCUT2D eigenvalue weighted by Gasteiger charge is 2.25. The van der Waals surface area contributed by atoms with Crippen LogP contribution in [-0.4, -0.2) is 40.3 Å². The molecule has 6 heteroatoms. The predicted molar refractivity (Wildman–Crippen MR) is 86.4 cm³/mol. The zero-order valence-corrected chi connectivity index (χ0v) is 13.4. The third-order valence-corrected chi connectivity index (χ3v) is 3.86. The first kappa shape index (κ1) is 15.6. The van der Waals surface area contributed by atoms with Crippen molar-refractivity contribution in [1.82, 2.24) is 15.2 Å². The van der Waals surface area contributed by atoms with Gasteiger partial charge >= 0.3 is 0 Å². The van der Waals surface area contributed by atoms with Gasteiger partial charge in [0.2, 0.25) is 0 Å². The fraction of sp³-hybridized carbons (Fsp3) is 0.412. The van der Waals surface area contributed by atoms with E-state index < -0.39 is 0 Å². The maximum absolute atomic E-state index is 13.0. The average molecular weight is 312 g/mol. The lowest BCUT2D eigenvalue weighted by Crippen LogP contribution is -2.37. The summed E-state index contributed by atoms with van der Waals surface area (Å²) in [7, 11) is 0. The second-order valence-electron chi connectivity index (χ2n) is 5.79. The zero-order chi connectivity index (χ0) is 16.2. The van der Waals surface area contributed by atoms with Crippen LogP contribution in [0.2, 0.25) is 0 Å². The molecule has 6 nitrogen and oxygen atoms in total. The first-order chi connectivity index (χ1) is 11.1. The van der Waals surface area contributed by atoms with Crippen molar-refractivity contribution < 1.29 is 9.53 Å². The fourth-order valence-corrected chi connectivity index (χ4v) is 2.85. The lowest BCUT2D eigenvalue weighted by molar-refractivity contribution is 0.0917. The molecule has 1 aliphatic rings. The van der Waals surface area contributed by atoms with Crippen LogP contribution in [-0.2, 0) is 4.74 Å². The molecule has 3 heterocycles. The number of nitrogens with zero attached hydrogens (tertiary/aromatic N) is 4. The van der Waals surface area contributed by atoms with Crippen LogP contribution in [0.15, 0.2) is 30.6 Å². The van der Waals surface area contributed by atoms with Crippen LogP contribution in [0.25, 0.3) is 0 Å². The van der Waals surface area contributed by atoms with E-state index in [1.54, 1.807) is 23.4 Å². The third kappa shape index (κ3) is 3.71. The summed E-state index contributed by atoms with van der Waals surface area (Å²) in [4.78, 5) is 19.1. The van der Waals surface area contributed by atoms with Crippen LogP contribution >= 0.6 is 0 Å². The standard InChI is InChI=1S/C17H20N4O2/c1-12-8-14(9-13(2)20-12)17(22)21(11-16-4-3-7-23-16)15-5-6-18-19-10-15/h5-6,8-10,16H,3-4,7,11H2,1-2H3. The van der Waals surface area contributed by atoms with Gasteiger partial charge in [-0.25, -0.2) is 0 Å². The van der Waals surface area contributed by atoms with Crippen LogP contribution in [0.5, 0.6) is 0 Å². The molecule has 23 heavy (non-hydrogen) atoms. The van der Waals surface area contributed by atoms with Crippen molar-refractivity contribution in [1.29, 1.82) is 0 Å². The van der Waals surface area contributed by atoms with Gasteiger partial charge in [0, 0.05) is 23.6 Å². The summed E-state index contributed by atoms with van der Waals surface area (Å²) in [6.07, 6.45) is 5.27. The number of ether oxygens (including phenoxy) is 1. The molecule has 0 aromatic carbocycles. The van der Waals surface area contributed by atoms with E-state index in [0.29, 0.717) is 12.1 Å². The molecule has 120 valence electrons. The van der Waals surface area contributed by atoms with Crippen molar-refractivity contribution in [3.63, 3.8) is 0 Å². The Balaban J connectivity index is 1.91. The summed E-state index contributed by atoms with van der Waals surface area (Å²) in [5.41, 5.74) is 3.02. The van der Waals surface area contributed by atoms with Crippen molar-refractivity contribution in [2.24, 2.45) is 0 Å². The number of aryl methyl sites for hydroxylation is 2. The Kier molecular flexibility index (Phi) is 4.62. The van der Waals surface area contributed by atoms with Crippen LogP contribution in [0, 0.1) is 13.8 Å². The van der Waals surface area contributed by atoms with Gasteiger partial charge in [-0.1, -0.05) is 0 Å². The Morgan fingerprint density at radius 3 is 2.70 bits per heavy atom. The van der Waals surface area contributed by atoms with Crippen molar-refractivity contribution in [2.75, 3.05) is 18.1 Å². The molecule has 1 saturated heterocycles. The summed E-state index contributed by atoms with van der Waals surface area (Å²) in [6, 6.07) is 5.42. The summed E-state index contributed by atoms with van der Waals surface area (Å²) in [5, 5.41) is 7.68. The first-order valence-electron chi connectivity index (χ1n) is 7.79. The number of pyridine rings is 1. The molecule has 1 amide bonds. The smallest absolute Gasteiger partial charge is 0.258 e. The Morgan fingerprint density at radius 2 is 2.09 bits per heavy atom. The molecule has 1 fully saturated rings. The van der Waals surface area contributed by atoms with Gasteiger partial charge in [0.15, 0.2) is 0 Å². The van der Waals surface area contributed by atoms with E-state index in [4.69, 9.17) is 4.74 Å². The molecule has 1 unspecified atom stereocenters. The lowest BCUT2D eigenvalue weighted by Gasteiger charge is -2.25. The van der Waals surface area contributed by atoms with Gasteiger partial charge in [-0.15, -0.1) is 0 Å². The Hall–Kier alpha value is -2.34. The van der Waals surface area contributed by atoms with E-state index in [0.717, 1.165) is 36.5 Å². The highest BCUT2D eigenvalue weighted by molar-refractivity contribution is 6.06. The van der Waals surface area contributed by atoms with Crippen LogP contribution in [0.4, 0.5) is 5.69 Å². The van der Waals surface area contributed by atoms with Crippen molar-refractivity contribution in [3.05, 3.63) is 47.5 Å². The monoisotopic (exact) mass is 312 g/mol. The topological polar surface area (TPSA) is 68.2 Å². The molecule has 0 saturated carbocycles. The molecule has 0 aliphatic carbocycles. The number of aromatic nitrogens is 3. The van der Waals surface area contributed by atoms with Gasteiger partial charge in [0.25, 0.3) is 5.91 Å². The van der Waals surface area contributed by atoms with E-state index in [-0.39, 0.29) is 12.0 Å². The summed E-state index contributed by atoms with van der Waals surface area (Å²) >= 11 is 0. The van der Waals surface area contributed by atoms with Gasteiger partial charge in [0.05, 0.1) is 30.7 Å². The number of anilines is 1. The van der Waals surface area contributed by atoms with Gasteiger partial charge < -0.3 is 9.64 Å². The van der Waals surface area contributed by atoms with E-state index in [1.807, 2.05) is 26.0 Å². The third-order valence-electron chi connectivity index (χ3n) is 3.86. The number of carbonyl (C=O) groups excluding carboxylic acids is 1. The molecule has 0 spiro atoms. The minimum Gasteiger partial charge on any atom is -0.376 e. The minimum absolute atomic E-state index is 0.0659. The molecular formula is C17H20N4O2. The number of hydrogen-bond donors (Lipinski definition) is 0. The summed E-state index contributed by atoms with van der Waals surface area (Å²) in [6.45, 7) is 5.06. The van der Waals surface area contributed by atoms with Crippen LogP contribution in [0.3, 0.4) is 0 Å². The first-order valence-corrected chi connectivity index (χ1v) is 7.79. The largest absolute Gasteiger partial charge is 0.376 e. The quantitative estimate of drug-likeness (QED) is 0.866. The Labute approximate surface area is 135 Å². The van der Waals surface area contributed by atoms with Crippen molar-refractivity contribution in [3.8, 4) is 0 Å². The highest BCUT2D eigenvalue weighted by atomic mass is 16.5. The van der Waals surface area contributed by atoms with Gasteiger partial charge in [-0.2, -0.15) is 10.2 Å². The van der Waals surface area contributed by atoms with Gasteiger partial charge in [-0.3, -0.25) is 9.78 Å². The second-order valence-corrected chi connectivity index (χ2v) is 5.79. The summed E-state index contributed by atoms with van der Waals surface area (Å²) in [5.74, 6) is -0.0675. The van der Waals surface area contributed by atoms with Gasteiger partial charge in [0.1, 0.15) is 0 Å². The second kappa shape index (κ2) is 6.83. The molecule has 1 atom stereocenters. The lowest BCUT2D eigenvalue weighted by atomic mass is 10.1. The SMILES string of the molecule is Cc1cc(C(=O)N(CC2CCCO2)c2ccnnc2)cc(C)n1. The summed E-state index contributed by atoms with van der Waals surface area (Å²) < 4.78 is 5.70. The van der Waals surface area contributed by atoms with Crippen molar-refractivity contribution in [2.45, 2.75) is 32.8 Å². The average Bonchev–Trinajstić information content (AvgIpc) is 3.05. The number of rotatable bonds is 4. The molecule has 0 bridgehead atoms. The molecular weight excluding hydrogens is 292 g/mol.